The Morgan fingerprint density at radius 2 is 1.58 bits per heavy atom. The Hall–Kier alpha value is -2.39. The Kier molecular flexibility index (Phi) is 8.40. The van der Waals surface area contributed by atoms with E-state index in [9.17, 15) is 13.2 Å². The van der Waals surface area contributed by atoms with Crippen molar-refractivity contribution in [2.24, 2.45) is 0 Å². The Morgan fingerprint density at radius 1 is 0.944 bits per heavy atom. The second-order valence-corrected chi connectivity index (χ2v) is 12.2. The molecular weight excluding hydrogens is 562 g/mol. The zero-order chi connectivity index (χ0) is 25.9. The highest BCUT2D eigenvalue weighted by Crippen LogP contribution is 2.25. The quantitative estimate of drug-likeness (QED) is 0.377. The van der Waals surface area contributed by atoms with Gasteiger partial charge in [-0.1, -0.05) is 51.8 Å². The first-order chi connectivity index (χ1) is 17.1. The van der Waals surface area contributed by atoms with Crippen LogP contribution in [0.1, 0.15) is 16.7 Å². The number of hydrogen-bond acceptors (Lipinski definition) is 4. The van der Waals surface area contributed by atoms with E-state index in [0.717, 1.165) is 10.0 Å². The van der Waals surface area contributed by atoms with E-state index >= 15 is 0 Å². The molecule has 0 N–H and O–H groups in total. The molecule has 4 rings (SSSR count). The SMILES string of the molecule is Cc1cccc(N2CCN(C(=O)CN(Cc3ccc(Cl)cc3)S(=O)(=O)c3ccc(Br)cc3)CC2)c1C. The Balaban J connectivity index is 1.50. The van der Waals surface area contributed by atoms with Gasteiger partial charge in [0.25, 0.3) is 0 Å². The molecule has 0 saturated carbocycles. The van der Waals surface area contributed by atoms with Gasteiger partial charge in [0.2, 0.25) is 15.9 Å². The molecule has 0 bridgehead atoms. The van der Waals surface area contributed by atoms with Gasteiger partial charge in [-0.2, -0.15) is 4.31 Å². The average Bonchev–Trinajstić information content (AvgIpc) is 2.87. The van der Waals surface area contributed by atoms with Crippen molar-refractivity contribution in [2.75, 3.05) is 37.6 Å². The summed E-state index contributed by atoms with van der Waals surface area (Å²) < 4.78 is 29.1. The number of halogens is 2. The van der Waals surface area contributed by atoms with Gasteiger partial charge in [-0.25, -0.2) is 8.42 Å². The smallest absolute Gasteiger partial charge is 0.243 e. The van der Waals surface area contributed by atoms with E-state index in [1.165, 1.54) is 21.1 Å². The van der Waals surface area contributed by atoms with Crippen LogP contribution in [0.2, 0.25) is 5.02 Å². The molecule has 1 heterocycles. The van der Waals surface area contributed by atoms with Crippen molar-refractivity contribution >= 4 is 49.1 Å². The third-order valence-corrected chi connectivity index (χ3v) is 9.17. The van der Waals surface area contributed by atoms with Crippen LogP contribution in [-0.4, -0.2) is 56.3 Å². The van der Waals surface area contributed by atoms with Crippen LogP contribution in [0.25, 0.3) is 0 Å². The molecule has 0 radical (unpaired) electrons. The van der Waals surface area contributed by atoms with Gasteiger partial charge in [0.15, 0.2) is 0 Å². The van der Waals surface area contributed by atoms with Crippen LogP contribution in [0.3, 0.4) is 0 Å². The predicted octanol–water partition coefficient (Wildman–Crippen LogP) is 5.26. The average molecular weight is 591 g/mol. The van der Waals surface area contributed by atoms with Crippen molar-refractivity contribution in [3.8, 4) is 0 Å². The molecule has 0 aliphatic carbocycles. The molecule has 6 nitrogen and oxygen atoms in total. The fourth-order valence-electron chi connectivity index (χ4n) is 4.30. The van der Waals surface area contributed by atoms with Crippen molar-refractivity contribution in [2.45, 2.75) is 25.3 Å². The standard InChI is InChI=1S/C27H29BrClN3O3S/c1-20-4-3-5-26(21(20)2)30-14-16-31(17-15-30)27(33)19-32(18-22-6-10-24(29)11-7-22)36(34,35)25-12-8-23(28)9-13-25/h3-13H,14-19H2,1-2H3. The van der Waals surface area contributed by atoms with Gasteiger partial charge in [-0.15, -0.1) is 0 Å². The number of rotatable bonds is 7. The van der Waals surface area contributed by atoms with Crippen LogP contribution in [-0.2, 0) is 21.4 Å². The molecule has 9 heteroatoms. The molecule has 1 aliphatic heterocycles. The number of carbonyl (C=O) groups excluding carboxylic acids is 1. The number of sulfonamides is 1. The summed E-state index contributed by atoms with van der Waals surface area (Å²) in [6.07, 6.45) is 0. The molecule has 0 unspecified atom stereocenters. The van der Waals surface area contributed by atoms with Gasteiger partial charge >= 0.3 is 0 Å². The Morgan fingerprint density at radius 3 is 2.22 bits per heavy atom. The fourth-order valence-corrected chi connectivity index (χ4v) is 6.07. The number of aryl methyl sites for hydroxylation is 1. The van der Waals surface area contributed by atoms with Crippen molar-refractivity contribution in [1.82, 2.24) is 9.21 Å². The molecule has 0 spiro atoms. The predicted molar refractivity (Wildman–Crippen MR) is 148 cm³/mol. The van der Waals surface area contributed by atoms with Crippen LogP contribution in [0.15, 0.2) is 76.1 Å². The number of piperazine rings is 1. The van der Waals surface area contributed by atoms with Gasteiger partial charge < -0.3 is 9.80 Å². The van der Waals surface area contributed by atoms with Crippen LogP contribution in [0.4, 0.5) is 5.69 Å². The lowest BCUT2D eigenvalue weighted by atomic mass is 10.1. The van der Waals surface area contributed by atoms with Crippen LogP contribution < -0.4 is 4.90 Å². The van der Waals surface area contributed by atoms with Crippen LogP contribution >= 0.6 is 27.5 Å². The largest absolute Gasteiger partial charge is 0.368 e. The number of amides is 1. The van der Waals surface area contributed by atoms with Gasteiger partial charge in [-0.3, -0.25) is 4.79 Å². The molecule has 0 aromatic heterocycles. The van der Waals surface area contributed by atoms with Crippen molar-refractivity contribution in [3.05, 3.63) is 92.9 Å². The first-order valence-electron chi connectivity index (χ1n) is 11.7. The molecule has 0 atom stereocenters. The minimum atomic E-state index is -3.90. The zero-order valence-corrected chi connectivity index (χ0v) is 23.5. The van der Waals surface area contributed by atoms with Gasteiger partial charge in [0.1, 0.15) is 0 Å². The topological polar surface area (TPSA) is 60.9 Å². The minimum absolute atomic E-state index is 0.0732. The second-order valence-electron chi connectivity index (χ2n) is 8.94. The summed E-state index contributed by atoms with van der Waals surface area (Å²) in [4.78, 5) is 17.5. The second kappa shape index (κ2) is 11.3. The van der Waals surface area contributed by atoms with E-state index in [1.54, 1.807) is 53.4 Å². The fraction of sp³-hybridized carbons (Fsp3) is 0.296. The summed E-state index contributed by atoms with van der Waals surface area (Å²) in [5.41, 5.74) is 4.42. The van der Waals surface area contributed by atoms with Crippen molar-refractivity contribution in [3.63, 3.8) is 0 Å². The van der Waals surface area contributed by atoms with E-state index in [4.69, 9.17) is 11.6 Å². The molecule has 1 amide bonds. The lowest BCUT2D eigenvalue weighted by Gasteiger charge is -2.37. The molecule has 36 heavy (non-hydrogen) atoms. The number of hydrogen-bond donors (Lipinski definition) is 0. The number of nitrogens with zero attached hydrogens (tertiary/aromatic N) is 3. The van der Waals surface area contributed by atoms with E-state index < -0.39 is 10.0 Å². The lowest BCUT2D eigenvalue weighted by molar-refractivity contribution is -0.131. The maximum absolute atomic E-state index is 13.5. The highest BCUT2D eigenvalue weighted by molar-refractivity contribution is 9.10. The summed E-state index contributed by atoms with van der Waals surface area (Å²) in [5, 5.41) is 0.568. The Labute approximate surface area is 226 Å². The Bertz CT molecular complexity index is 1320. The first kappa shape index (κ1) is 26.7. The monoisotopic (exact) mass is 589 g/mol. The summed E-state index contributed by atoms with van der Waals surface area (Å²) >= 11 is 9.35. The van der Waals surface area contributed by atoms with Gasteiger partial charge in [0, 0.05) is 47.9 Å². The third-order valence-electron chi connectivity index (χ3n) is 6.58. The molecule has 3 aromatic rings. The third kappa shape index (κ3) is 6.11. The molecule has 1 aliphatic rings. The molecule has 1 saturated heterocycles. The summed E-state index contributed by atoms with van der Waals surface area (Å²) in [6, 6.07) is 19.7. The van der Waals surface area contributed by atoms with E-state index in [2.05, 4.69) is 52.9 Å². The maximum Gasteiger partial charge on any atom is 0.243 e. The van der Waals surface area contributed by atoms with E-state index in [1.807, 2.05) is 0 Å². The summed E-state index contributed by atoms with van der Waals surface area (Å²) in [7, 11) is -3.90. The highest BCUT2D eigenvalue weighted by atomic mass is 79.9. The van der Waals surface area contributed by atoms with Crippen LogP contribution in [0.5, 0.6) is 0 Å². The van der Waals surface area contributed by atoms with Crippen molar-refractivity contribution in [1.29, 1.82) is 0 Å². The lowest BCUT2D eigenvalue weighted by Crippen LogP contribution is -2.52. The number of benzene rings is 3. The summed E-state index contributed by atoms with van der Waals surface area (Å²) in [6.45, 7) is 6.54. The van der Waals surface area contributed by atoms with Crippen molar-refractivity contribution < 1.29 is 13.2 Å². The molecule has 3 aromatic carbocycles. The highest BCUT2D eigenvalue weighted by Gasteiger charge is 2.30. The summed E-state index contributed by atoms with van der Waals surface area (Å²) in [5.74, 6) is -0.203. The normalized spacial score (nSPS) is 14.4. The maximum atomic E-state index is 13.5. The first-order valence-corrected chi connectivity index (χ1v) is 14.4. The van der Waals surface area contributed by atoms with Gasteiger partial charge in [0.05, 0.1) is 11.4 Å². The number of carbonyl (C=O) groups is 1. The zero-order valence-electron chi connectivity index (χ0n) is 20.3. The molecular formula is C27H29BrClN3O3S. The molecule has 1 fully saturated rings. The van der Waals surface area contributed by atoms with E-state index in [0.29, 0.717) is 31.2 Å². The van der Waals surface area contributed by atoms with E-state index in [-0.39, 0.29) is 23.9 Å². The van der Waals surface area contributed by atoms with Gasteiger partial charge in [-0.05, 0) is 73.0 Å². The minimum Gasteiger partial charge on any atom is -0.368 e. The molecule has 190 valence electrons. The number of anilines is 1. The van der Waals surface area contributed by atoms with Crippen LogP contribution in [0, 0.1) is 13.8 Å².